The topological polar surface area (TPSA) is 152 Å². The number of sulfonamides is 1. The molecule has 2 aliphatic carbocycles. The Morgan fingerprint density at radius 3 is 2.57 bits per heavy atom. The molecule has 0 unspecified atom stereocenters. The quantitative estimate of drug-likeness (QED) is 0.242. The molecule has 1 amide bonds. The van der Waals surface area contributed by atoms with Gasteiger partial charge in [0.25, 0.3) is 15.9 Å². The molecule has 236 valence electrons. The molecule has 13 heteroatoms. The Balaban J connectivity index is 1.21. The normalized spacial score (nSPS) is 18.0. The van der Waals surface area contributed by atoms with Gasteiger partial charge in [0.1, 0.15) is 11.6 Å². The minimum absolute atomic E-state index is 0.136. The molecule has 0 spiro atoms. The monoisotopic (exact) mass is 623 g/mol. The molecule has 0 aromatic carbocycles. The van der Waals surface area contributed by atoms with Gasteiger partial charge in [-0.2, -0.15) is 8.42 Å². The fraction of sp³-hybridized carbons (Fsp3) is 0.548. The molecule has 12 nitrogen and oxygen atoms in total. The van der Waals surface area contributed by atoms with E-state index in [1.807, 2.05) is 11.0 Å². The van der Waals surface area contributed by atoms with E-state index in [0.717, 1.165) is 37.0 Å². The molecular weight excluding hydrogens is 582 g/mol. The summed E-state index contributed by atoms with van der Waals surface area (Å²) in [4.78, 5) is 24.5. The maximum Gasteiger partial charge on any atom is 0.281 e. The van der Waals surface area contributed by atoms with Crippen molar-refractivity contribution in [2.24, 2.45) is 17.8 Å². The van der Waals surface area contributed by atoms with Crippen molar-refractivity contribution in [3.05, 3.63) is 48.2 Å². The zero-order valence-corrected chi connectivity index (χ0v) is 26.1. The second-order valence-corrected chi connectivity index (χ2v) is 14.3. The lowest BCUT2D eigenvalue weighted by Gasteiger charge is -2.34. The number of carbonyl (C=O) groups is 1. The summed E-state index contributed by atoms with van der Waals surface area (Å²) >= 11 is 0. The molecular formula is C31H41N7O5S. The van der Waals surface area contributed by atoms with Crippen LogP contribution in [0, 0.1) is 17.8 Å². The Labute approximate surface area is 258 Å². The van der Waals surface area contributed by atoms with Crippen molar-refractivity contribution >= 4 is 27.6 Å². The summed E-state index contributed by atoms with van der Waals surface area (Å²) in [6.07, 6.45) is 10.1. The van der Waals surface area contributed by atoms with Crippen LogP contribution in [0.2, 0.25) is 0 Å². The number of hydrogen-bond donors (Lipinski definition) is 3. The summed E-state index contributed by atoms with van der Waals surface area (Å²) in [7, 11) is -4.30. The predicted octanol–water partition coefficient (Wildman–Crippen LogP) is 3.77. The molecule has 0 bridgehead atoms. The van der Waals surface area contributed by atoms with Gasteiger partial charge in [-0.1, -0.05) is 6.07 Å². The average molecular weight is 624 g/mol. The maximum atomic E-state index is 13.5. The van der Waals surface area contributed by atoms with Crippen LogP contribution in [0.1, 0.15) is 69.2 Å². The Hall–Kier alpha value is -3.71. The van der Waals surface area contributed by atoms with Crippen molar-refractivity contribution in [2.75, 3.05) is 36.5 Å². The van der Waals surface area contributed by atoms with Crippen LogP contribution in [-0.4, -0.2) is 71.0 Å². The van der Waals surface area contributed by atoms with Crippen molar-refractivity contribution in [2.45, 2.75) is 69.4 Å². The highest BCUT2D eigenvalue weighted by molar-refractivity contribution is 7.90. The smallest absolute Gasteiger partial charge is 0.281 e. The molecule has 1 aliphatic heterocycles. The highest BCUT2D eigenvalue weighted by Gasteiger charge is 2.41. The van der Waals surface area contributed by atoms with Gasteiger partial charge in [-0.25, -0.2) is 19.4 Å². The van der Waals surface area contributed by atoms with Gasteiger partial charge in [-0.15, -0.1) is 5.10 Å². The first-order chi connectivity index (χ1) is 21.1. The van der Waals surface area contributed by atoms with Gasteiger partial charge >= 0.3 is 0 Å². The molecule has 1 saturated heterocycles. The van der Waals surface area contributed by atoms with E-state index < -0.39 is 15.9 Å². The number of aliphatic hydroxyl groups excluding tert-OH is 1. The van der Waals surface area contributed by atoms with E-state index in [-0.39, 0.29) is 35.1 Å². The SMILES string of the molecule is CC1(C)CCCN1c1nc(-n2ccc(OCCC(C3CC3)C3CC3)n2)ccc1C(=O)NS(=O)(=O)c1cccc(NCCO)n1. The summed E-state index contributed by atoms with van der Waals surface area (Å²) in [5.41, 5.74) is -0.150. The standard InChI is InChI=1S/C31H41N7O5S/c1-31(2)15-4-17-37(31)29-24(30(40)36-44(41,42)28-6-3-5-25(33-28)32-16-19-39)11-12-26(34-29)38-18-13-27(35-38)43-20-14-23(21-7-8-21)22-9-10-22/h3,5-6,11-13,18,21-23,39H,4,7-10,14-17,19-20H2,1-2H3,(H,32,33)(H,36,40). The Morgan fingerprint density at radius 2 is 1.89 bits per heavy atom. The van der Waals surface area contributed by atoms with Crippen molar-refractivity contribution in [3.63, 3.8) is 0 Å². The van der Waals surface area contributed by atoms with Gasteiger partial charge in [0, 0.05) is 30.9 Å². The van der Waals surface area contributed by atoms with Crippen molar-refractivity contribution in [3.8, 4) is 11.7 Å². The van der Waals surface area contributed by atoms with Crippen LogP contribution in [0.15, 0.2) is 47.6 Å². The predicted molar refractivity (Wildman–Crippen MR) is 166 cm³/mol. The zero-order chi connectivity index (χ0) is 30.9. The molecule has 3 aliphatic rings. The van der Waals surface area contributed by atoms with Gasteiger partial charge in [-0.3, -0.25) is 4.79 Å². The first-order valence-corrected chi connectivity index (χ1v) is 17.0. The number of carbonyl (C=O) groups excluding carboxylic acids is 1. The molecule has 0 radical (unpaired) electrons. The number of pyridine rings is 2. The van der Waals surface area contributed by atoms with Gasteiger partial charge in [0.05, 0.1) is 18.8 Å². The Morgan fingerprint density at radius 1 is 1.11 bits per heavy atom. The molecule has 3 N–H and O–H groups in total. The zero-order valence-electron chi connectivity index (χ0n) is 25.3. The Bertz CT molecular complexity index is 1590. The van der Waals surface area contributed by atoms with Crippen LogP contribution in [0.4, 0.5) is 11.6 Å². The van der Waals surface area contributed by atoms with Gasteiger partial charge < -0.3 is 20.1 Å². The van der Waals surface area contributed by atoms with Gasteiger partial charge in [0.2, 0.25) is 5.88 Å². The van der Waals surface area contributed by atoms with E-state index in [1.54, 1.807) is 29.1 Å². The fourth-order valence-electron chi connectivity index (χ4n) is 6.24. The molecule has 0 atom stereocenters. The summed E-state index contributed by atoms with van der Waals surface area (Å²) < 4.78 is 36.1. The second-order valence-electron chi connectivity index (χ2n) is 12.6. The molecule has 3 fully saturated rings. The number of nitrogens with zero attached hydrogens (tertiary/aromatic N) is 5. The van der Waals surface area contributed by atoms with E-state index in [9.17, 15) is 13.2 Å². The number of rotatable bonds is 14. The summed E-state index contributed by atoms with van der Waals surface area (Å²) in [6, 6.07) is 9.45. The van der Waals surface area contributed by atoms with Gasteiger partial charge in [0.15, 0.2) is 10.8 Å². The first kappa shape index (κ1) is 30.3. The molecule has 44 heavy (non-hydrogen) atoms. The third-order valence-corrected chi connectivity index (χ3v) is 10.1. The Kier molecular flexibility index (Phi) is 8.51. The summed E-state index contributed by atoms with van der Waals surface area (Å²) in [5, 5.41) is 16.2. The lowest BCUT2D eigenvalue weighted by atomic mass is 9.95. The average Bonchev–Trinajstić information content (AvgIpc) is 3.94. The third kappa shape index (κ3) is 6.83. The van der Waals surface area contributed by atoms with E-state index >= 15 is 0 Å². The third-order valence-electron chi connectivity index (χ3n) is 8.86. The lowest BCUT2D eigenvalue weighted by molar-refractivity contribution is 0.0981. The first-order valence-electron chi connectivity index (χ1n) is 15.5. The minimum Gasteiger partial charge on any atom is -0.477 e. The lowest BCUT2D eigenvalue weighted by Crippen LogP contribution is -2.41. The number of aliphatic hydroxyl groups is 1. The number of hydrogen-bond acceptors (Lipinski definition) is 10. The van der Waals surface area contributed by atoms with Crippen molar-refractivity contribution in [1.82, 2.24) is 24.5 Å². The van der Waals surface area contributed by atoms with Crippen LogP contribution in [0.3, 0.4) is 0 Å². The molecule has 3 aromatic heterocycles. The number of nitrogens with one attached hydrogen (secondary N) is 2. The van der Waals surface area contributed by atoms with Crippen molar-refractivity contribution in [1.29, 1.82) is 0 Å². The summed E-state index contributed by atoms with van der Waals surface area (Å²) in [6.45, 7) is 5.55. The minimum atomic E-state index is -4.30. The van der Waals surface area contributed by atoms with Crippen LogP contribution < -0.4 is 19.7 Å². The van der Waals surface area contributed by atoms with E-state index in [2.05, 4.69) is 34.0 Å². The number of ether oxygens (including phenoxy) is 1. The largest absolute Gasteiger partial charge is 0.477 e. The summed E-state index contributed by atoms with van der Waals surface area (Å²) in [5.74, 6) is 3.40. The van der Waals surface area contributed by atoms with Gasteiger partial charge in [-0.05, 0) is 101 Å². The van der Waals surface area contributed by atoms with Crippen molar-refractivity contribution < 1.29 is 23.1 Å². The van der Waals surface area contributed by atoms with Crippen LogP contribution in [-0.2, 0) is 10.0 Å². The van der Waals surface area contributed by atoms with E-state index in [0.29, 0.717) is 30.7 Å². The van der Waals surface area contributed by atoms with E-state index in [1.165, 1.54) is 37.8 Å². The van der Waals surface area contributed by atoms with Crippen LogP contribution >= 0.6 is 0 Å². The number of amides is 1. The second kappa shape index (κ2) is 12.4. The number of aromatic nitrogens is 4. The van der Waals surface area contributed by atoms with E-state index in [4.69, 9.17) is 14.8 Å². The highest BCUT2D eigenvalue weighted by Crippen LogP contribution is 2.50. The number of anilines is 2. The fourth-order valence-corrected chi connectivity index (χ4v) is 7.18. The molecule has 4 heterocycles. The maximum absolute atomic E-state index is 13.5. The van der Waals surface area contributed by atoms with Crippen LogP contribution in [0.5, 0.6) is 5.88 Å². The van der Waals surface area contributed by atoms with Crippen LogP contribution in [0.25, 0.3) is 5.82 Å². The molecule has 3 aromatic rings. The molecule has 2 saturated carbocycles. The highest BCUT2D eigenvalue weighted by atomic mass is 32.2. The molecule has 6 rings (SSSR count).